The van der Waals surface area contributed by atoms with Crippen molar-refractivity contribution in [2.45, 2.75) is 19.9 Å². The molecular weight excluding hydrogens is 267 g/mol. The predicted octanol–water partition coefficient (Wildman–Crippen LogP) is 4.19. The first kappa shape index (κ1) is 14.9. The molecule has 2 aromatic carbocycles. The number of methoxy groups -OCH3 is 1. The van der Waals surface area contributed by atoms with Gasteiger partial charge in [-0.3, -0.25) is 0 Å². The van der Waals surface area contributed by atoms with E-state index < -0.39 is 0 Å². The Kier molecular flexibility index (Phi) is 4.44. The van der Waals surface area contributed by atoms with E-state index in [1.165, 1.54) is 13.2 Å². The fourth-order valence-electron chi connectivity index (χ4n) is 2.14. The number of hydrogen-bond donors (Lipinski definition) is 1. The van der Waals surface area contributed by atoms with E-state index >= 15 is 0 Å². The van der Waals surface area contributed by atoms with Crippen LogP contribution in [-0.2, 0) is 0 Å². The molecule has 108 valence electrons. The Morgan fingerprint density at radius 2 is 2.00 bits per heavy atom. The summed E-state index contributed by atoms with van der Waals surface area (Å²) in [5.41, 5.74) is 2.97. The summed E-state index contributed by atoms with van der Waals surface area (Å²) in [5.74, 6) is 0.176. The third kappa shape index (κ3) is 3.32. The molecule has 4 heteroatoms. The van der Waals surface area contributed by atoms with Crippen molar-refractivity contribution in [3.8, 4) is 11.8 Å². The van der Waals surface area contributed by atoms with Crippen LogP contribution in [0.15, 0.2) is 36.4 Å². The summed E-state index contributed by atoms with van der Waals surface area (Å²) in [7, 11) is 1.51. The van der Waals surface area contributed by atoms with Gasteiger partial charge in [-0.15, -0.1) is 0 Å². The molecule has 0 fully saturated rings. The third-order valence-electron chi connectivity index (χ3n) is 3.41. The van der Waals surface area contributed by atoms with Crippen LogP contribution in [0.5, 0.6) is 5.75 Å². The van der Waals surface area contributed by atoms with E-state index in [2.05, 4.69) is 11.4 Å². The molecule has 0 saturated heterocycles. The van der Waals surface area contributed by atoms with E-state index in [1.54, 1.807) is 24.3 Å². The first-order valence-corrected chi connectivity index (χ1v) is 6.66. The van der Waals surface area contributed by atoms with E-state index in [0.717, 1.165) is 11.3 Å². The van der Waals surface area contributed by atoms with Gasteiger partial charge in [-0.05, 0) is 37.6 Å². The first-order chi connectivity index (χ1) is 10.0. The smallest absolute Gasteiger partial charge is 0.132 e. The molecular formula is C17H17FN2O. The van der Waals surface area contributed by atoms with E-state index in [0.29, 0.717) is 16.9 Å². The lowest BCUT2D eigenvalue weighted by Crippen LogP contribution is -2.10. The maximum absolute atomic E-state index is 14.1. The summed E-state index contributed by atoms with van der Waals surface area (Å²) in [6, 6.07) is 12.1. The zero-order valence-electron chi connectivity index (χ0n) is 12.3. The maximum atomic E-state index is 14.1. The van der Waals surface area contributed by atoms with Crippen molar-refractivity contribution in [1.29, 1.82) is 5.26 Å². The van der Waals surface area contributed by atoms with Gasteiger partial charge in [-0.1, -0.05) is 12.1 Å². The van der Waals surface area contributed by atoms with Gasteiger partial charge < -0.3 is 10.1 Å². The second-order valence-corrected chi connectivity index (χ2v) is 4.89. The molecule has 21 heavy (non-hydrogen) atoms. The average Bonchev–Trinajstić information content (AvgIpc) is 2.49. The molecule has 0 heterocycles. The summed E-state index contributed by atoms with van der Waals surface area (Å²) in [5, 5.41) is 12.2. The monoisotopic (exact) mass is 284 g/mol. The lowest BCUT2D eigenvalue weighted by molar-refractivity contribution is 0.410. The molecule has 0 spiro atoms. The Morgan fingerprint density at radius 1 is 1.24 bits per heavy atom. The van der Waals surface area contributed by atoms with Crippen molar-refractivity contribution in [1.82, 2.24) is 0 Å². The Bertz CT molecular complexity index is 692. The van der Waals surface area contributed by atoms with Gasteiger partial charge in [-0.25, -0.2) is 4.39 Å². The van der Waals surface area contributed by atoms with Crippen LogP contribution in [0.2, 0.25) is 0 Å². The van der Waals surface area contributed by atoms with Crippen LogP contribution < -0.4 is 10.1 Å². The summed E-state index contributed by atoms with van der Waals surface area (Å²) in [4.78, 5) is 0. The number of aryl methyl sites for hydroxylation is 1. The number of halogens is 1. The highest BCUT2D eigenvalue weighted by atomic mass is 19.1. The molecule has 0 aliphatic rings. The highest BCUT2D eigenvalue weighted by Gasteiger charge is 2.13. The van der Waals surface area contributed by atoms with Gasteiger partial charge in [0.1, 0.15) is 11.6 Å². The maximum Gasteiger partial charge on any atom is 0.132 e. The van der Waals surface area contributed by atoms with Gasteiger partial charge in [0.15, 0.2) is 0 Å². The van der Waals surface area contributed by atoms with Crippen molar-refractivity contribution in [3.63, 3.8) is 0 Å². The number of ether oxygens (including phenoxy) is 1. The number of rotatable bonds is 4. The molecule has 0 amide bonds. The molecule has 0 aliphatic carbocycles. The minimum absolute atomic E-state index is 0.219. The molecule has 1 unspecified atom stereocenters. The van der Waals surface area contributed by atoms with E-state index in [9.17, 15) is 4.39 Å². The predicted molar refractivity (Wildman–Crippen MR) is 80.9 cm³/mol. The van der Waals surface area contributed by atoms with E-state index in [4.69, 9.17) is 10.00 Å². The van der Waals surface area contributed by atoms with Gasteiger partial charge in [0.25, 0.3) is 0 Å². The van der Waals surface area contributed by atoms with Gasteiger partial charge >= 0.3 is 0 Å². The Morgan fingerprint density at radius 3 is 2.62 bits per heavy atom. The number of nitrogens with one attached hydrogen (secondary N) is 1. The molecule has 1 atom stereocenters. The molecule has 0 bridgehead atoms. The Hall–Kier alpha value is -2.54. The Labute approximate surface area is 124 Å². The van der Waals surface area contributed by atoms with Gasteiger partial charge in [0, 0.05) is 17.3 Å². The highest BCUT2D eigenvalue weighted by Crippen LogP contribution is 2.26. The van der Waals surface area contributed by atoms with Crippen LogP contribution in [0.3, 0.4) is 0 Å². The molecule has 0 aromatic heterocycles. The number of anilines is 1. The van der Waals surface area contributed by atoms with Crippen molar-refractivity contribution < 1.29 is 9.13 Å². The normalized spacial score (nSPS) is 11.6. The number of benzene rings is 2. The van der Waals surface area contributed by atoms with Crippen molar-refractivity contribution in [3.05, 3.63) is 58.9 Å². The van der Waals surface area contributed by atoms with E-state index in [1.807, 2.05) is 19.9 Å². The van der Waals surface area contributed by atoms with Crippen LogP contribution in [0, 0.1) is 24.1 Å². The topological polar surface area (TPSA) is 45.0 Å². The van der Waals surface area contributed by atoms with Crippen LogP contribution in [0.1, 0.15) is 29.7 Å². The number of hydrogen-bond acceptors (Lipinski definition) is 3. The summed E-state index contributed by atoms with van der Waals surface area (Å²) < 4.78 is 19.1. The third-order valence-corrected chi connectivity index (χ3v) is 3.41. The summed E-state index contributed by atoms with van der Waals surface area (Å²) >= 11 is 0. The second kappa shape index (κ2) is 6.27. The first-order valence-electron chi connectivity index (χ1n) is 6.66. The highest BCUT2D eigenvalue weighted by molar-refractivity contribution is 5.56. The molecule has 0 radical (unpaired) electrons. The molecule has 2 rings (SSSR count). The standard InChI is InChI=1S/C17H17FN2O/c1-11-4-5-13(10-19)8-17(11)20-12(2)15-7-6-14(21-3)9-16(15)18/h4-9,12,20H,1-3H3. The van der Waals surface area contributed by atoms with E-state index in [-0.39, 0.29) is 11.9 Å². The average molecular weight is 284 g/mol. The SMILES string of the molecule is COc1ccc(C(C)Nc2cc(C#N)ccc2C)c(F)c1. The van der Waals surface area contributed by atoms with Crippen LogP contribution in [-0.4, -0.2) is 7.11 Å². The van der Waals surface area contributed by atoms with Crippen LogP contribution in [0.25, 0.3) is 0 Å². The van der Waals surface area contributed by atoms with Crippen molar-refractivity contribution >= 4 is 5.69 Å². The lowest BCUT2D eigenvalue weighted by atomic mass is 10.1. The van der Waals surface area contributed by atoms with Crippen molar-refractivity contribution in [2.75, 3.05) is 12.4 Å². The quantitative estimate of drug-likeness (QED) is 0.915. The van der Waals surface area contributed by atoms with Gasteiger partial charge in [0.05, 0.1) is 24.8 Å². The van der Waals surface area contributed by atoms with Gasteiger partial charge in [-0.2, -0.15) is 5.26 Å². The molecule has 0 saturated carbocycles. The lowest BCUT2D eigenvalue weighted by Gasteiger charge is -2.18. The van der Waals surface area contributed by atoms with Crippen LogP contribution >= 0.6 is 0 Å². The zero-order valence-corrected chi connectivity index (χ0v) is 12.3. The minimum atomic E-state index is -0.316. The molecule has 1 N–H and O–H groups in total. The zero-order chi connectivity index (χ0) is 15.4. The Balaban J connectivity index is 2.26. The largest absolute Gasteiger partial charge is 0.497 e. The van der Waals surface area contributed by atoms with Crippen molar-refractivity contribution in [2.24, 2.45) is 0 Å². The number of nitriles is 1. The number of nitrogens with zero attached hydrogens (tertiary/aromatic N) is 1. The summed E-state index contributed by atoms with van der Waals surface area (Å²) in [6.45, 7) is 3.82. The second-order valence-electron chi connectivity index (χ2n) is 4.89. The minimum Gasteiger partial charge on any atom is -0.497 e. The molecule has 3 nitrogen and oxygen atoms in total. The summed E-state index contributed by atoms with van der Waals surface area (Å²) in [6.07, 6.45) is 0. The molecule has 0 aliphatic heterocycles. The fraction of sp³-hybridized carbons (Fsp3) is 0.235. The molecule has 2 aromatic rings. The fourth-order valence-corrected chi connectivity index (χ4v) is 2.14. The van der Waals surface area contributed by atoms with Gasteiger partial charge in [0.2, 0.25) is 0 Å². The van der Waals surface area contributed by atoms with Crippen LogP contribution in [0.4, 0.5) is 10.1 Å².